The van der Waals surface area contributed by atoms with Crippen molar-refractivity contribution in [1.82, 2.24) is 9.78 Å². The molecule has 2 aromatic heterocycles. The highest BCUT2D eigenvalue weighted by molar-refractivity contribution is 7.14. The molecular weight excluding hydrogens is 374 g/mol. The first kappa shape index (κ1) is 18.2. The molecule has 0 atom stereocenters. The summed E-state index contributed by atoms with van der Waals surface area (Å²) in [7, 11) is 0. The fraction of sp³-hybridized carbons (Fsp3) is 0.167. The van der Waals surface area contributed by atoms with Gasteiger partial charge in [-0.1, -0.05) is 29.8 Å². The smallest absolute Gasteiger partial charge is 0.412 e. The second kappa shape index (κ2) is 8.16. The van der Waals surface area contributed by atoms with Crippen LogP contribution in [0.1, 0.15) is 27.0 Å². The summed E-state index contributed by atoms with van der Waals surface area (Å²) >= 11 is 7.46. The van der Waals surface area contributed by atoms with Gasteiger partial charge in [0.25, 0.3) is 0 Å². The summed E-state index contributed by atoms with van der Waals surface area (Å²) < 4.78 is 6.84. The van der Waals surface area contributed by atoms with Crippen molar-refractivity contribution in [2.24, 2.45) is 0 Å². The number of hydrogen-bond donors (Lipinski definition) is 1. The standard InChI is InChI=1S/C18H16ClN3O3S/c1-12(23)17-7-6-15(26-17)10-22-9-14(8-20-22)21-18(24)25-11-13-4-2-3-5-16(13)19/h2-9H,10-11H2,1H3,(H,21,24). The lowest BCUT2D eigenvalue weighted by Gasteiger charge is -2.06. The van der Waals surface area contributed by atoms with E-state index in [1.165, 1.54) is 17.5 Å². The number of anilines is 1. The number of halogens is 1. The van der Waals surface area contributed by atoms with Crippen LogP contribution in [-0.2, 0) is 17.9 Å². The third-order valence-electron chi connectivity index (χ3n) is 3.52. The lowest BCUT2D eigenvalue weighted by Crippen LogP contribution is -2.13. The maximum absolute atomic E-state index is 11.9. The van der Waals surface area contributed by atoms with Gasteiger partial charge >= 0.3 is 6.09 Å². The Morgan fingerprint density at radius 2 is 2.08 bits per heavy atom. The van der Waals surface area contributed by atoms with Gasteiger partial charge in [-0.15, -0.1) is 11.3 Å². The number of aromatic nitrogens is 2. The van der Waals surface area contributed by atoms with Crippen molar-refractivity contribution in [2.45, 2.75) is 20.1 Å². The number of ether oxygens (including phenoxy) is 1. The first-order chi connectivity index (χ1) is 12.5. The minimum absolute atomic E-state index is 0.0466. The number of hydrogen-bond acceptors (Lipinski definition) is 5. The lowest BCUT2D eigenvalue weighted by molar-refractivity contribution is 0.102. The number of nitrogens with zero attached hydrogens (tertiary/aromatic N) is 2. The number of rotatable bonds is 6. The summed E-state index contributed by atoms with van der Waals surface area (Å²) in [5.74, 6) is 0.0466. The van der Waals surface area contributed by atoms with E-state index >= 15 is 0 Å². The molecule has 6 nitrogen and oxygen atoms in total. The molecule has 1 amide bonds. The normalized spacial score (nSPS) is 10.5. The molecule has 0 saturated carbocycles. The summed E-state index contributed by atoms with van der Waals surface area (Å²) in [4.78, 5) is 25.0. The van der Waals surface area contributed by atoms with Crippen molar-refractivity contribution >= 4 is 40.5 Å². The van der Waals surface area contributed by atoms with E-state index in [0.717, 1.165) is 10.4 Å². The van der Waals surface area contributed by atoms with Crippen molar-refractivity contribution in [3.63, 3.8) is 0 Å². The van der Waals surface area contributed by atoms with Gasteiger partial charge in [0.2, 0.25) is 0 Å². The highest BCUT2D eigenvalue weighted by Crippen LogP contribution is 2.19. The van der Waals surface area contributed by atoms with Crippen molar-refractivity contribution in [2.75, 3.05) is 5.32 Å². The highest BCUT2D eigenvalue weighted by Gasteiger charge is 2.09. The number of Topliss-reactive ketones (excluding diaryl/α,β-unsaturated/α-hetero) is 1. The maximum Gasteiger partial charge on any atom is 0.412 e. The van der Waals surface area contributed by atoms with Gasteiger partial charge in [-0.05, 0) is 25.1 Å². The Balaban J connectivity index is 1.53. The summed E-state index contributed by atoms with van der Waals surface area (Å²) in [6.07, 6.45) is 2.65. The van der Waals surface area contributed by atoms with Crippen LogP contribution in [-0.4, -0.2) is 21.7 Å². The molecule has 2 heterocycles. The Morgan fingerprint density at radius 1 is 1.27 bits per heavy atom. The Hall–Kier alpha value is -2.64. The summed E-state index contributed by atoms with van der Waals surface area (Å²) in [6, 6.07) is 10.9. The molecule has 3 aromatic rings. The number of carbonyl (C=O) groups excluding carboxylic acids is 2. The van der Waals surface area contributed by atoms with E-state index in [9.17, 15) is 9.59 Å². The van der Waals surface area contributed by atoms with Crippen LogP contribution < -0.4 is 5.32 Å². The molecule has 0 spiro atoms. The van der Waals surface area contributed by atoms with Gasteiger partial charge in [0.1, 0.15) is 6.61 Å². The second-order valence-corrected chi connectivity index (χ2v) is 7.12. The number of carbonyl (C=O) groups is 2. The molecule has 0 saturated heterocycles. The van der Waals surface area contributed by atoms with Crippen molar-refractivity contribution in [3.05, 3.63) is 69.1 Å². The van der Waals surface area contributed by atoms with Gasteiger partial charge in [0.15, 0.2) is 5.78 Å². The molecule has 0 unspecified atom stereocenters. The molecule has 0 aliphatic heterocycles. The van der Waals surface area contributed by atoms with Crippen LogP contribution in [0.15, 0.2) is 48.8 Å². The van der Waals surface area contributed by atoms with E-state index in [4.69, 9.17) is 16.3 Å². The van der Waals surface area contributed by atoms with Gasteiger partial charge in [0, 0.05) is 21.7 Å². The zero-order chi connectivity index (χ0) is 18.5. The van der Waals surface area contributed by atoms with Crippen LogP contribution >= 0.6 is 22.9 Å². The van der Waals surface area contributed by atoms with Crippen LogP contribution in [0.3, 0.4) is 0 Å². The average Bonchev–Trinajstić information content (AvgIpc) is 3.24. The average molecular weight is 390 g/mol. The molecule has 134 valence electrons. The van der Waals surface area contributed by atoms with Crippen LogP contribution in [0.5, 0.6) is 0 Å². The molecule has 0 aliphatic rings. The van der Waals surface area contributed by atoms with Crippen molar-refractivity contribution < 1.29 is 14.3 Å². The molecular formula is C18H16ClN3O3S. The topological polar surface area (TPSA) is 73.2 Å². The monoisotopic (exact) mass is 389 g/mol. The van der Waals surface area contributed by atoms with Crippen LogP contribution in [0.25, 0.3) is 0 Å². The van der Waals surface area contributed by atoms with Crippen LogP contribution in [0.4, 0.5) is 10.5 Å². The molecule has 1 N–H and O–H groups in total. The van der Waals surface area contributed by atoms with Gasteiger partial charge in [-0.2, -0.15) is 5.10 Å². The Bertz CT molecular complexity index is 935. The van der Waals surface area contributed by atoms with E-state index in [1.54, 1.807) is 36.0 Å². The third kappa shape index (κ3) is 4.71. The molecule has 26 heavy (non-hydrogen) atoms. The molecule has 0 fully saturated rings. The molecule has 0 bridgehead atoms. The predicted octanol–water partition coefficient (Wildman–Crippen LogP) is 4.60. The van der Waals surface area contributed by atoms with E-state index in [-0.39, 0.29) is 12.4 Å². The molecule has 0 aliphatic carbocycles. The minimum atomic E-state index is -0.584. The zero-order valence-corrected chi connectivity index (χ0v) is 15.5. The van der Waals surface area contributed by atoms with Crippen molar-refractivity contribution in [3.8, 4) is 0 Å². The predicted molar refractivity (Wildman–Crippen MR) is 101 cm³/mol. The number of benzene rings is 1. The van der Waals surface area contributed by atoms with E-state index in [1.807, 2.05) is 18.2 Å². The maximum atomic E-state index is 11.9. The lowest BCUT2D eigenvalue weighted by atomic mass is 10.2. The quantitative estimate of drug-likeness (QED) is 0.625. The molecule has 1 aromatic carbocycles. The van der Waals surface area contributed by atoms with Gasteiger partial charge in [-0.25, -0.2) is 4.79 Å². The van der Waals surface area contributed by atoms with Gasteiger partial charge in [0.05, 0.1) is 23.3 Å². The summed E-state index contributed by atoms with van der Waals surface area (Å²) in [5, 5.41) is 7.37. The second-order valence-electron chi connectivity index (χ2n) is 5.54. The SMILES string of the molecule is CC(=O)c1ccc(Cn2cc(NC(=O)OCc3ccccc3Cl)cn2)s1. The number of ketones is 1. The molecule has 3 rings (SSSR count). The fourth-order valence-electron chi connectivity index (χ4n) is 2.24. The minimum Gasteiger partial charge on any atom is -0.444 e. The van der Waals surface area contributed by atoms with Crippen molar-refractivity contribution in [1.29, 1.82) is 0 Å². The Kier molecular flexibility index (Phi) is 5.70. The Morgan fingerprint density at radius 3 is 2.81 bits per heavy atom. The van der Waals surface area contributed by atoms with E-state index < -0.39 is 6.09 Å². The summed E-state index contributed by atoms with van der Waals surface area (Å²) in [6.45, 7) is 2.15. The number of nitrogens with one attached hydrogen (secondary N) is 1. The number of amides is 1. The van der Waals surface area contributed by atoms with Crippen LogP contribution in [0, 0.1) is 0 Å². The summed E-state index contributed by atoms with van der Waals surface area (Å²) in [5.41, 5.74) is 1.26. The largest absolute Gasteiger partial charge is 0.444 e. The van der Waals surface area contributed by atoms with E-state index in [2.05, 4.69) is 10.4 Å². The van der Waals surface area contributed by atoms with Gasteiger partial charge in [-0.3, -0.25) is 14.8 Å². The fourth-order valence-corrected chi connectivity index (χ4v) is 3.32. The first-order valence-electron chi connectivity index (χ1n) is 7.80. The molecule has 0 radical (unpaired) electrons. The van der Waals surface area contributed by atoms with Gasteiger partial charge < -0.3 is 4.74 Å². The Labute approximate surface area is 159 Å². The zero-order valence-electron chi connectivity index (χ0n) is 13.9. The first-order valence-corrected chi connectivity index (χ1v) is 9.00. The highest BCUT2D eigenvalue weighted by atomic mass is 35.5. The third-order valence-corrected chi connectivity index (χ3v) is 5.06. The van der Waals surface area contributed by atoms with E-state index in [0.29, 0.717) is 22.1 Å². The molecule has 8 heteroatoms. The van der Waals surface area contributed by atoms with Crippen LogP contribution in [0.2, 0.25) is 5.02 Å². The number of thiophene rings is 1.